The first-order valence-corrected chi connectivity index (χ1v) is 9.99. The maximum absolute atomic E-state index is 12.1. The summed E-state index contributed by atoms with van der Waals surface area (Å²) in [5.41, 5.74) is 2.22. The second-order valence-corrected chi connectivity index (χ2v) is 6.76. The van der Waals surface area contributed by atoms with Crippen LogP contribution < -0.4 is 15.4 Å². The fourth-order valence-electron chi connectivity index (χ4n) is 2.53. The highest BCUT2D eigenvalue weighted by atomic mass is 19.4. The number of carboxylic acids is 1. The molecule has 0 fully saturated rings. The monoisotopic (exact) mass is 480 g/mol. The lowest BCUT2D eigenvalue weighted by Crippen LogP contribution is -2.27. The van der Waals surface area contributed by atoms with Crippen molar-refractivity contribution in [1.82, 2.24) is 20.8 Å². The van der Waals surface area contributed by atoms with Crippen molar-refractivity contribution < 1.29 is 37.1 Å². The number of carbonyl (C=O) groups excluding carboxylic acids is 1. The maximum atomic E-state index is 12.1. The molecule has 0 aliphatic rings. The van der Waals surface area contributed by atoms with Gasteiger partial charge >= 0.3 is 12.1 Å². The molecule has 0 saturated carbocycles. The number of hydrogen-bond acceptors (Lipinski definition) is 7. The summed E-state index contributed by atoms with van der Waals surface area (Å²) in [5, 5.41) is 17.1. The molecule has 3 rings (SSSR count). The van der Waals surface area contributed by atoms with E-state index in [2.05, 4.69) is 20.8 Å². The van der Waals surface area contributed by atoms with Gasteiger partial charge in [0, 0.05) is 30.9 Å². The number of benzene rings is 1. The van der Waals surface area contributed by atoms with Gasteiger partial charge in [-0.05, 0) is 24.6 Å². The minimum atomic E-state index is -5.08. The normalized spacial score (nSPS) is 10.7. The zero-order valence-electron chi connectivity index (χ0n) is 18.1. The van der Waals surface area contributed by atoms with E-state index in [1.807, 2.05) is 36.4 Å². The number of hydrogen-bond donors (Lipinski definition) is 3. The van der Waals surface area contributed by atoms with Gasteiger partial charge in [0.1, 0.15) is 5.75 Å². The molecular formula is C22H23F3N4O5. The lowest BCUT2D eigenvalue weighted by Gasteiger charge is -2.06. The zero-order chi connectivity index (χ0) is 25.0. The Morgan fingerprint density at radius 3 is 2.47 bits per heavy atom. The highest BCUT2D eigenvalue weighted by Crippen LogP contribution is 2.19. The molecule has 0 radical (unpaired) electrons. The molecular weight excluding hydrogens is 457 g/mol. The largest absolute Gasteiger partial charge is 0.495 e. The summed E-state index contributed by atoms with van der Waals surface area (Å²) in [7, 11) is 1.62. The molecule has 182 valence electrons. The summed E-state index contributed by atoms with van der Waals surface area (Å²) in [5.74, 6) is -1.68. The third-order valence-electron chi connectivity index (χ3n) is 4.19. The van der Waals surface area contributed by atoms with Crippen molar-refractivity contribution in [1.29, 1.82) is 0 Å². The molecule has 0 saturated heterocycles. The number of nitrogens with zero attached hydrogens (tertiary/aromatic N) is 2. The van der Waals surface area contributed by atoms with E-state index >= 15 is 0 Å². The average Bonchev–Trinajstić information content (AvgIpc) is 3.32. The molecule has 0 unspecified atom stereocenters. The summed E-state index contributed by atoms with van der Waals surface area (Å²) < 4.78 is 42.1. The fourth-order valence-corrected chi connectivity index (χ4v) is 2.53. The van der Waals surface area contributed by atoms with Crippen LogP contribution in [0.3, 0.4) is 0 Å². The standard InChI is InChI=1S/C20H22N4O3.C2HF3O2/c1-26-17-10-15(13-22-14-17)12-21-8-5-9-23-20(25)18-11-19(27-24-18)16-6-3-2-4-7-16;3-2(4,5)1(6)7/h2-4,6-7,10-11,13-14,21H,5,8-9,12H2,1H3,(H,23,25);(H,6,7). The van der Waals surface area contributed by atoms with Crippen molar-refractivity contribution in [2.24, 2.45) is 0 Å². The van der Waals surface area contributed by atoms with Gasteiger partial charge in [-0.3, -0.25) is 9.78 Å². The Balaban J connectivity index is 0.000000509. The van der Waals surface area contributed by atoms with Crippen LogP contribution in [0.4, 0.5) is 13.2 Å². The number of methoxy groups -OCH3 is 1. The van der Waals surface area contributed by atoms with Crippen LogP contribution in [-0.4, -0.2) is 53.5 Å². The Labute approximate surface area is 192 Å². The number of pyridine rings is 1. The second kappa shape index (κ2) is 12.9. The van der Waals surface area contributed by atoms with Crippen LogP contribution >= 0.6 is 0 Å². The highest BCUT2D eigenvalue weighted by molar-refractivity contribution is 5.93. The Morgan fingerprint density at radius 1 is 1.12 bits per heavy atom. The molecule has 2 aromatic heterocycles. The van der Waals surface area contributed by atoms with Crippen molar-refractivity contribution in [2.75, 3.05) is 20.2 Å². The number of nitrogens with one attached hydrogen (secondary N) is 2. The first-order valence-electron chi connectivity index (χ1n) is 9.99. The topological polar surface area (TPSA) is 127 Å². The van der Waals surface area contributed by atoms with Gasteiger partial charge in [0.2, 0.25) is 0 Å². The molecule has 0 spiro atoms. The number of carbonyl (C=O) groups is 2. The van der Waals surface area contributed by atoms with Gasteiger partial charge < -0.3 is 25.0 Å². The van der Waals surface area contributed by atoms with Gasteiger partial charge in [-0.2, -0.15) is 13.2 Å². The summed E-state index contributed by atoms with van der Waals surface area (Å²) in [6.45, 7) is 2.02. The van der Waals surface area contributed by atoms with Gasteiger partial charge in [0.05, 0.1) is 13.3 Å². The van der Waals surface area contributed by atoms with E-state index in [9.17, 15) is 18.0 Å². The number of rotatable bonds is 9. The minimum Gasteiger partial charge on any atom is -0.495 e. The number of aromatic nitrogens is 2. The highest BCUT2D eigenvalue weighted by Gasteiger charge is 2.38. The lowest BCUT2D eigenvalue weighted by atomic mass is 10.1. The molecule has 0 atom stereocenters. The van der Waals surface area contributed by atoms with Crippen LogP contribution in [0.15, 0.2) is 59.4 Å². The van der Waals surface area contributed by atoms with Gasteiger partial charge in [-0.1, -0.05) is 35.5 Å². The average molecular weight is 480 g/mol. The maximum Gasteiger partial charge on any atom is 0.490 e. The SMILES string of the molecule is COc1cncc(CNCCCNC(=O)c2cc(-c3ccccc3)on2)c1.O=C(O)C(F)(F)F. The summed E-state index contributed by atoms with van der Waals surface area (Å²) in [4.78, 5) is 25.1. The van der Waals surface area contributed by atoms with Crippen molar-refractivity contribution in [3.05, 3.63) is 66.1 Å². The van der Waals surface area contributed by atoms with Crippen LogP contribution in [0.1, 0.15) is 22.5 Å². The van der Waals surface area contributed by atoms with E-state index in [4.69, 9.17) is 19.2 Å². The van der Waals surface area contributed by atoms with E-state index < -0.39 is 12.1 Å². The predicted molar refractivity (Wildman–Crippen MR) is 115 cm³/mol. The Kier molecular flexibility index (Phi) is 10.0. The third kappa shape index (κ3) is 8.90. The van der Waals surface area contributed by atoms with Crippen molar-refractivity contribution >= 4 is 11.9 Å². The minimum absolute atomic E-state index is 0.238. The molecule has 2 heterocycles. The molecule has 0 bridgehead atoms. The van der Waals surface area contributed by atoms with Crippen LogP contribution in [0.2, 0.25) is 0 Å². The lowest BCUT2D eigenvalue weighted by molar-refractivity contribution is -0.192. The molecule has 12 heteroatoms. The van der Waals surface area contributed by atoms with E-state index in [1.54, 1.807) is 25.6 Å². The number of ether oxygens (including phenoxy) is 1. The Hall–Kier alpha value is -3.93. The number of amides is 1. The summed E-state index contributed by atoms with van der Waals surface area (Å²) in [6, 6.07) is 13.2. The third-order valence-corrected chi connectivity index (χ3v) is 4.19. The molecule has 3 aromatic rings. The van der Waals surface area contributed by atoms with E-state index in [0.29, 0.717) is 18.8 Å². The molecule has 9 nitrogen and oxygen atoms in total. The summed E-state index contributed by atoms with van der Waals surface area (Å²) >= 11 is 0. The van der Waals surface area contributed by atoms with E-state index in [-0.39, 0.29) is 11.6 Å². The molecule has 1 aromatic carbocycles. The first kappa shape index (κ1) is 26.3. The van der Waals surface area contributed by atoms with Crippen molar-refractivity contribution in [2.45, 2.75) is 19.1 Å². The van der Waals surface area contributed by atoms with Gasteiger partial charge in [0.25, 0.3) is 5.91 Å². The van der Waals surface area contributed by atoms with Gasteiger partial charge in [-0.15, -0.1) is 0 Å². The number of halogens is 3. The number of alkyl halides is 3. The Bertz CT molecular complexity index is 1060. The van der Waals surface area contributed by atoms with Crippen LogP contribution in [-0.2, 0) is 11.3 Å². The van der Waals surface area contributed by atoms with Crippen LogP contribution in [0.5, 0.6) is 5.75 Å². The predicted octanol–water partition coefficient (Wildman–Crippen LogP) is 3.29. The van der Waals surface area contributed by atoms with E-state index in [1.165, 1.54) is 0 Å². The Morgan fingerprint density at radius 2 is 1.82 bits per heavy atom. The molecule has 0 aliphatic heterocycles. The van der Waals surface area contributed by atoms with Gasteiger partial charge in [0.15, 0.2) is 11.5 Å². The molecule has 34 heavy (non-hydrogen) atoms. The van der Waals surface area contributed by atoms with E-state index in [0.717, 1.165) is 29.8 Å². The summed E-state index contributed by atoms with van der Waals surface area (Å²) in [6.07, 6.45) is -0.815. The first-order chi connectivity index (χ1) is 16.2. The molecule has 1 amide bonds. The van der Waals surface area contributed by atoms with Gasteiger partial charge in [-0.25, -0.2) is 4.79 Å². The van der Waals surface area contributed by atoms with Crippen molar-refractivity contribution in [3.63, 3.8) is 0 Å². The van der Waals surface area contributed by atoms with Crippen LogP contribution in [0, 0.1) is 0 Å². The van der Waals surface area contributed by atoms with Crippen molar-refractivity contribution in [3.8, 4) is 17.1 Å². The zero-order valence-corrected chi connectivity index (χ0v) is 18.1. The number of carboxylic acid groups (broad SMARTS) is 1. The number of aliphatic carboxylic acids is 1. The molecule has 0 aliphatic carbocycles. The molecule has 3 N–H and O–H groups in total. The fraction of sp³-hybridized carbons (Fsp3) is 0.273. The second-order valence-electron chi connectivity index (χ2n) is 6.76. The van der Waals surface area contributed by atoms with Crippen LogP contribution in [0.25, 0.3) is 11.3 Å². The quantitative estimate of drug-likeness (QED) is 0.398. The smallest absolute Gasteiger partial charge is 0.490 e.